The highest BCUT2D eigenvalue weighted by Gasteiger charge is 2.45. The third-order valence-corrected chi connectivity index (χ3v) is 5.97. The summed E-state index contributed by atoms with van der Waals surface area (Å²) in [5, 5.41) is 7.61. The molecule has 0 atom stereocenters. The van der Waals surface area contributed by atoms with Crippen molar-refractivity contribution < 1.29 is 23.8 Å². The predicted octanol–water partition coefficient (Wildman–Crippen LogP) is 3.79. The van der Waals surface area contributed by atoms with Crippen LogP contribution in [-0.2, 0) is 37.8 Å². The van der Waals surface area contributed by atoms with E-state index in [-0.39, 0.29) is 19.4 Å². The maximum absolute atomic E-state index is 12.2. The van der Waals surface area contributed by atoms with Gasteiger partial charge in [0.2, 0.25) is 0 Å². The topological polar surface area (TPSA) is 85.9 Å². The Kier molecular flexibility index (Phi) is 6.27. The zero-order valence-corrected chi connectivity index (χ0v) is 18.4. The van der Waals surface area contributed by atoms with E-state index in [0.29, 0.717) is 46.6 Å². The number of methoxy groups -OCH3 is 1. The van der Waals surface area contributed by atoms with Gasteiger partial charge in [-0.05, 0) is 48.4 Å². The number of nitrogens with one attached hydrogen (secondary N) is 2. The maximum Gasteiger partial charge on any atom is 0.309 e. The highest BCUT2D eigenvalue weighted by atomic mass is 35.5. The average molecular weight is 465 g/mol. The van der Waals surface area contributed by atoms with Crippen LogP contribution in [0.25, 0.3) is 0 Å². The molecule has 0 bridgehead atoms. The molecule has 9 heteroatoms. The largest absolute Gasteiger partial charge is 0.495 e. The minimum absolute atomic E-state index is 0.00710. The first-order valence-electron chi connectivity index (χ1n) is 9.94. The Labute approximate surface area is 189 Å². The summed E-state index contributed by atoms with van der Waals surface area (Å²) >= 11 is 12.8. The Morgan fingerprint density at radius 3 is 2.48 bits per heavy atom. The van der Waals surface area contributed by atoms with Gasteiger partial charge in [0.1, 0.15) is 5.75 Å². The number of carbonyl (C=O) groups is 2. The van der Waals surface area contributed by atoms with E-state index in [1.807, 2.05) is 12.1 Å². The highest BCUT2D eigenvalue weighted by molar-refractivity contribution is 6.33. The predicted molar refractivity (Wildman–Crippen MR) is 116 cm³/mol. The Morgan fingerprint density at radius 1 is 1.06 bits per heavy atom. The number of halogens is 2. The molecule has 1 saturated heterocycles. The van der Waals surface area contributed by atoms with Crippen LogP contribution < -0.4 is 15.4 Å². The summed E-state index contributed by atoms with van der Waals surface area (Å²) in [4.78, 5) is 24.4. The van der Waals surface area contributed by atoms with Gasteiger partial charge in [-0.3, -0.25) is 9.59 Å². The summed E-state index contributed by atoms with van der Waals surface area (Å²) in [6, 6.07) is 9.00. The molecule has 0 amide bonds. The summed E-state index contributed by atoms with van der Waals surface area (Å²) in [6.07, 6.45) is 0.595. The highest BCUT2D eigenvalue weighted by Crippen LogP contribution is 2.40. The van der Waals surface area contributed by atoms with Crippen molar-refractivity contribution in [1.29, 1.82) is 0 Å². The standard InChI is InChI=1S/C22H22Cl2N2O5/c1-29-18-5-2-13(10-17(18)24)11-26-21-14-8-9-25-12-22(15(14)3-4-16(21)23)30-19(27)6-7-20(28)31-22/h2-5,10,25-26H,6-9,11-12H2,1H3. The number of carbonyl (C=O) groups excluding carboxylic acids is 2. The fourth-order valence-corrected chi connectivity index (χ4v) is 4.40. The van der Waals surface area contributed by atoms with E-state index in [4.69, 9.17) is 37.4 Å². The Hall–Kier alpha value is -2.48. The molecular formula is C22H22Cl2N2O5. The number of fused-ring (bicyclic) bond motifs is 2. The minimum atomic E-state index is -1.51. The zero-order chi connectivity index (χ0) is 22.0. The number of hydrogen-bond acceptors (Lipinski definition) is 7. The SMILES string of the molecule is COc1ccc(CNc2c(Cl)ccc3c2CCNCC32OC(=O)CCC(=O)O2)cc1Cl. The molecule has 31 heavy (non-hydrogen) atoms. The van der Waals surface area contributed by atoms with Crippen molar-refractivity contribution in [3.63, 3.8) is 0 Å². The Bertz CT molecular complexity index is 1010. The number of hydrogen-bond donors (Lipinski definition) is 2. The van der Waals surface area contributed by atoms with Gasteiger partial charge in [-0.25, -0.2) is 0 Å². The maximum atomic E-state index is 12.2. The van der Waals surface area contributed by atoms with Gasteiger partial charge in [-0.2, -0.15) is 0 Å². The van der Waals surface area contributed by atoms with Crippen LogP contribution in [0.15, 0.2) is 30.3 Å². The van der Waals surface area contributed by atoms with Gasteiger partial charge < -0.3 is 24.8 Å². The van der Waals surface area contributed by atoms with Crippen molar-refractivity contribution in [2.45, 2.75) is 31.6 Å². The lowest BCUT2D eigenvalue weighted by Crippen LogP contribution is -2.43. The van der Waals surface area contributed by atoms with Crippen molar-refractivity contribution >= 4 is 40.8 Å². The molecule has 0 aliphatic carbocycles. The molecule has 164 valence electrons. The third kappa shape index (κ3) is 4.44. The van der Waals surface area contributed by atoms with E-state index < -0.39 is 17.7 Å². The lowest BCUT2D eigenvalue weighted by molar-refractivity contribution is -0.225. The van der Waals surface area contributed by atoms with Gasteiger partial charge >= 0.3 is 11.9 Å². The quantitative estimate of drug-likeness (QED) is 0.665. The van der Waals surface area contributed by atoms with Gasteiger partial charge in [0.05, 0.1) is 42.2 Å². The molecule has 2 N–H and O–H groups in total. The van der Waals surface area contributed by atoms with Crippen LogP contribution in [0.4, 0.5) is 5.69 Å². The fraction of sp³-hybridized carbons (Fsp3) is 0.364. The zero-order valence-electron chi connectivity index (χ0n) is 16.9. The van der Waals surface area contributed by atoms with Crippen molar-refractivity contribution in [3.8, 4) is 5.75 Å². The van der Waals surface area contributed by atoms with Crippen LogP contribution in [-0.4, -0.2) is 32.1 Å². The molecule has 2 heterocycles. The summed E-state index contributed by atoms with van der Waals surface area (Å²) in [6.45, 7) is 1.24. The van der Waals surface area contributed by atoms with Gasteiger partial charge in [0.15, 0.2) is 0 Å². The van der Waals surface area contributed by atoms with E-state index >= 15 is 0 Å². The van der Waals surface area contributed by atoms with Crippen LogP contribution in [0.3, 0.4) is 0 Å². The molecule has 7 nitrogen and oxygen atoms in total. The van der Waals surface area contributed by atoms with E-state index in [0.717, 1.165) is 11.1 Å². The van der Waals surface area contributed by atoms with Crippen LogP contribution in [0, 0.1) is 0 Å². The molecule has 1 spiro atoms. The Morgan fingerprint density at radius 2 is 1.81 bits per heavy atom. The molecule has 0 aromatic heterocycles. The van der Waals surface area contributed by atoms with Crippen LogP contribution >= 0.6 is 23.2 Å². The number of anilines is 1. The minimum Gasteiger partial charge on any atom is -0.495 e. The third-order valence-electron chi connectivity index (χ3n) is 5.36. The van der Waals surface area contributed by atoms with E-state index in [2.05, 4.69) is 10.6 Å². The number of ether oxygens (including phenoxy) is 3. The lowest BCUT2D eigenvalue weighted by Gasteiger charge is -2.32. The first-order chi connectivity index (χ1) is 14.9. The first-order valence-corrected chi connectivity index (χ1v) is 10.7. The summed E-state index contributed by atoms with van der Waals surface area (Å²) in [5.74, 6) is -1.86. The molecule has 4 rings (SSSR count). The van der Waals surface area contributed by atoms with Crippen LogP contribution in [0.5, 0.6) is 5.75 Å². The van der Waals surface area contributed by atoms with E-state index in [1.165, 1.54) is 0 Å². The lowest BCUT2D eigenvalue weighted by atomic mass is 9.96. The number of esters is 2. The fourth-order valence-electron chi connectivity index (χ4n) is 3.88. The smallest absolute Gasteiger partial charge is 0.309 e. The summed E-state index contributed by atoms with van der Waals surface area (Å²) < 4.78 is 16.5. The van der Waals surface area contributed by atoms with Gasteiger partial charge in [-0.1, -0.05) is 29.3 Å². The second kappa shape index (κ2) is 8.94. The molecule has 2 aromatic carbocycles. The van der Waals surface area contributed by atoms with E-state index in [9.17, 15) is 9.59 Å². The summed E-state index contributed by atoms with van der Waals surface area (Å²) in [7, 11) is 1.56. The molecular weight excluding hydrogens is 443 g/mol. The molecule has 2 aromatic rings. The average Bonchev–Trinajstić information content (AvgIpc) is 3.00. The molecule has 1 fully saturated rings. The molecule has 0 saturated carbocycles. The van der Waals surface area contributed by atoms with Gasteiger partial charge in [0, 0.05) is 12.1 Å². The monoisotopic (exact) mass is 464 g/mol. The first kappa shape index (κ1) is 21.7. The van der Waals surface area contributed by atoms with Gasteiger partial charge in [0.25, 0.3) is 5.79 Å². The van der Waals surface area contributed by atoms with Crippen LogP contribution in [0.2, 0.25) is 10.0 Å². The van der Waals surface area contributed by atoms with Crippen molar-refractivity contribution in [2.24, 2.45) is 0 Å². The summed E-state index contributed by atoms with van der Waals surface area (Å²) in [5.41, 5.74) is 3.08. The normalized spacial score (nSPS) is 17.8. The van der Waals surface area contributed by atoms with Gasteiger partial charge in [-0.15, -0.1) is 0 Å². The number of rotatable bonds is 4. The number of benzene rings is 2. The van der Waals surface area contributed by atoms with Crippen molar-refractivity contribution in [2.75, 3.05) is 25.5 Å². The van der Waals surface area contributed by atoms with Crippen LogP contribution in [0.1, 0.15) is 29.5 Å². The molecule has 2 aliphatic rings. The molecule has 2 aliphatic heterocycles. The van der Waals surface area contributed by atoms with E-state index in [1.54, 1.807) is 25.3 Å². The second-order valence-corrected chi connectivity index (χ2v) is 8.21. The van der Waals surface area contributed by atoms with Crippen molar-refractivity contribution in [1.82, 2.24) is 5.32 Å². The Balaban J connectivity index is 1.70. The van der Waals surface area contributed by atoms with Crippen molar-refractivity contribution in [3.05, 3.63) is 57.1 Å². The molecule has 0 radical (unpaired) electrons. The molecule has 0 unspecified atom stereocenters. The second-order valence-electron chi connectivity index (χ2n) is 7.40.